The first-order valence-electron chi connectivity index (χ1n) is 8.52. The van der Waals surface area contributed by atoms with Crippen LogP contribution in [0.1, 0.15) is 51.0 Å². The van der Waals surface area contributed by atoms with E-state index in [-0.39, 0.29) is 0 Å². The molecule has 4 fully saturated rings. The topological polar surface area (TPSA) is 12.0 Å². The Balaban J connectivity index is 1.58. The minimum absolute atomic E-state index is 0.632. The Hall–Kier alpha value is -0.340. The Morgan fingerprint density at radius 3 is 2.35 bits per heavy atom. The van der Waals surface area contributed by atoms with E-state index in [4.69, 9.17) is 0 Å². The van der Waals surface area contributed by atoms with Crippen LogP contribution in [-0.2, 0) is 6.42 Å². The Kier molecular flexibility index (Phi) is 3.42. The van der Waals surface area contributed by atoms with Gasteiger partial charge < -0.3 is 5.32 Å². The van der Waals surface area contributed by atoms with Crippen molar-refractivity contribution < 1.29 is 0 Å². The van der Waals surface area contributed by atoms with Crippen LogP contribution in [0.25, 0.3) is 0 Å². The molecule has 0 radical (unpaired) electrons. The van der Waals surface area contributed by atoms with E-state index in [0.717, 1.165) is 30.3 Å². The molecule has 2 heteroatoms. The second-order valence-electron chi connectivity index (χ2n) is 7.73. The first-order valence-corrected chi connectivity index (χ1v) is 9.46. The molecule has 1 aromatic rings. The Morgan fingerprint density at radius 2 is 1.85 bits per heavy atom. The normalized spacial score (nSPS) is 40.1. The maximum Gasteiger partial charge on any atom is 0.0164 e. The summed E-state index contributed by atoms with van der Waals surface area (Å²) < 4.78 is 0. The van der Waals surface area contributed by atoms with Crippen LogP contribution in [0.3, 0.4) is 0 Å². The minimum Gasteiger partial charge on any atom is -0.313 e. The predicted molar refractivity (Wildman–Crippen MR) is 86.1 cm³/mol. The fourth-order valence-corrected chi connectivity index (χ4v) is 6.68. The summed E-state index contributed by atoms with van der Waals surface area (Å²) in [6.07, 6.45) is 10.5. The van der Waals surface area contributed by atoms with Gasteiger partial charge in [-0.15, -0.1) is 0 Å². The second kappa shape index (κ2) is 5.14. The fraction of sp³-hybridized carbons (Fsp3) is 0.778. The zero-order valence-electron chi connectivity index (χ0n) is 12.6. The zero-order valence-corrected chi connectivity index (χ0v) is 13.4. The predicted octanol–water partition coefficient (Wildman–Crippen LogP) is 4.49. The van der Waals surface area contributed by atoms with Crippen LogP contribution in [-0.4, -0.2) is 12.6 Å². The van der Waals surface area contributed by atoms with Crippen molar-refractivity contribution in [3.63, 3.8) is 0 Å². The number of rotatable bonds is 5. The molecule has 4 saturated carbocycles. The summed E-state index contributed by atoms with van der Waals surface area (Å²) in [7, 11) is 0. The van der Waals surface area contributed by atoms with E-state index in [2.05, 4.69) is 29.1 Å². The molecule has 4 aliphatic rings. The third-order valence-electron chi connectivity index (χ3n) is 6.30. The molecule has 0 spiro atoms. The number of hydrogen-bond donors (Lipinski definition) is 1. The van der Waals surface area contributed by atoms with E-state index >= 15 is 0 Å². The maximum absolute atomic E-state index is 3.88. The molecule has 0 amide bonds. The quantitative estimate of drug-likeness (QED) is 0.842. The summed E-state index contributed by atoms with van der Waals surface area (Å²) in [6.45, 7) is 3.40. The molecule has 4 bridgehead atoms. The average molecular weight is 289 g/mol. The third kappa shape index (κ3) is 2.25. The van der Waals surface area contributed by atoms with Crippen LogP contribution >= 0.6 is 11.3 Å². The summed E-state index contributed by atoms with van der Waals surface area (Å²) in [5.74, 6) is 3.18. The fourth-order valence-electron chi connectivity index (χ4n) is 6.00. The molecule has 5 rings (SSSR count). The Labute approximate surface area is 127 Å². The minimum atomic E-state index is 0.632. The van der Waals surface area contributed by atoms with Gasteiger partial charge in [-0.3, -0.25) is 0 Å². The molecule has 1 N–H and O–H groups in total. The molecule has 1 heterocycles. The van der Waals surface area contributed by atoms with E-state index in [9.17, 15) is 0 Å². The molecule has 1 atom stereocenters. The first kappa shape index (κ1) is 13.3. The monoisotopic (exact) mass is 289 g/mol. The molecule has 1 nitrogen and oxygen atoms in total. The highest BCUT2D eigenvalue weighted by atomic mass is 32.1. The summed E-state index contributed by atoms with van der Waals surface area (Å²) in [4.78, 5) is 0. The maximum atomic E-state index is 3.88. The van der Waals surface area contributed by atoms with Crippen molar-refractivity contribution in [2.24, 2.45) is 23.2 Å². The smallest absolute Gasteiger partial charge is 0.0164 e. The lowest BCUT2D eigenvalue weighted by molar-refractivity contribution is -0.0734. The van der Waals surface area contributed by atoms with E-state index in [1.807, 2.05) is 11.3 Å². The first-order chi connectivity index (χ1) is 9.77. The van der Waals surface area contributed by atoms with Crippen molar-refractivity contribution in [1.29, 1.82) is 0 Å². The van der Waals surface area contributed by atoms with Crippen molar-refractivity contribution in [1.82, 2.24) is 5.32 Å². The summed E-state index contributed by atoms with van der Waals surface area (Å²) in [6, 6.07) is 3.05. The highest BCUT2D eigenvalue weighted by molar-refractivity contribution is 7.07. The lowest BCUT2D eigenvalue weighted by atomic mass is 9.47. The Morgan fingerprint density at radius 1 is 1.20 bits per heavy atom. The summed E-state index contributed by atoms with van der Waals surface area (Å²) >= 11 is 1.85. The number of thiophene rings is 1. The van der Waals surface area contributed by atoms with Gasteiger partial charge in [-0.05, 0) is 97.0 Å². The zero-order chi connectivity index (χ0) is 13.6. The van der Waals surface area contributed by atoms with Crippen LogP contribution in [0.2, 0.25) is 0 Å². The highest BCUT2D eigenvalue weighted by Gasteiger charge is 2.53. The second-order valence-corrected chi connectivity index (χ2v) is 8.51. The van der Waals surface area contributed by atoms with Crippen LogP contribution in [0, 0.1) is 23.2 Å². The van der Waals surface area contributed by atoms with Gasteiger partial charge in [0.2, 0.25) is 0 Å². The van der Waals surface area contributed by atoms with Crippen LogP contribution in [0.5, 0.6) is 0 Å². The number of likely N-dealkylation sites (N-methyl/N-ethyl adjacent to an activating group) is 1. The molecule has 0 saturated heterocycles. The third-order valence-corrected chi connectivity index (χ3v) is 7.03. The van der Waals surface area contributed by atoms with Crippen LogP contribution in [0.15, 0.2) is 16.8 Å². The van der Waals surface area contributed by atoms with Crippen molar-refractivity contribution in [2.45, 2.75) is 57.9 Å². The van der Waals surface area contributed by atoms with Gasteiger partial charge in [0.05, 0.1) is 0 Å². The van der Waals surface area contributed by atoms with Gasteiger partial charge in [-0.25, -0.2) is 0 Å². The van der Waals surface area contributed by atoms with Crippen molar-refractivity contribution in [2.75, 3.05) is 6.54 Å². The average Bonchev–Trinajstić information content (AvgIpc) is 2.89. The number of nitrogens with one attached hydrogen (secondary N) is 1. The van der Waals surface area contributed by atoms with E-state index in [1.54, 1.807) is 24.8 Å². The van der Waals surface area contributed by atoms with Crippen molar-refractivity contribution >= 4 is 11.3 Å². The summed E-state index contributed by atoms with van der Waals surface area (Å²) in [5, 5.41) is 8.47. The molecule has 20 heavy (non-hydrogen) atoms. The Bertz CT molecular complexity index is 415. The van der Waals surface area contributed by atoms with E-state index < -0.39 is 0 Å². The molecular formula is C18H27NS. The highest BCUT2D eigenvalue weighted by Crippen LogP contribution is 2.61. The SMILES string of the molecule is CCNC(Cc1ccsc1)C12CC3CC(CC(C3)C1)C2. The van der Waals surface area contributed by atoms with E-state index in [1.165, 1.54) is 25.7 Å². The van der Waals surface area contributed by atoms with Crippen LogP contribution in [0.4, 0.5) is 0 Å². The molecule has 110 valence electrons. The molecule has 0 aliphatic heterocycles. The standard InChI is InChI=1S/C18H27NS/c1-2-19-17(8-13-3-4-20-12-13)18-9-14-5-15(10-18)7-16(6-14)11-18/h3-4,12,14-17,19H,2,5-11H2,1H3. The molecule has 4 aliphatic carbocycles. The van der Waals surface area contributed by atoms with Gasteiger partial charge in [0.25, 0.3) is 0 Å². The van der Waals surface area contributed by atoms with Gasteiger partial charge in [0.1, 0.15) is 0 Å². The van der Waals surface area contributed by atoms with Crippen molar-refractivity contribution in [3.05, 3.63) is 22.4 Å². The van der Waals surface area contributed by atoms with Gasteiger partial charge >= 0.3 is 0 Å². The van der Waals surface area contributed by atoms with Crippen LogP contribution < -0.4 is 5.32 Å². The van der Waals surface area contributed by atoms with Gasteiger partial charge in [-0.1, -0.05) is 6.92 Å². The largest absolute Gasteiger partial charge is 0.313 e. The van der Waals surface area contributed by atoms with E-state index in [0.29, 0.717) is 5.41 Å². The molecule has 1 unspecified atom stereocenters. The van der Waals surface area contributed by atoms with Gasteiger partial charge in [0.15, 0.2) is 0 Å². The number of hydrogen-bond acceptors (Lipinski definition) is 2. The molecule has 0 aromatic carbocycles. The summed E-state index contributed by atoms with van der Waals surface area (Å²) in [5.41, 5.74) is 2.18. The lowest BCUT2D eigenvalue weighted by Crippen LogP contribution is -2.56. The van der Waals surface area contributed by atoms with Crippen molar-refractivity contribution in [3.8, 4) is 0 Å². The molecule has 1 aromatic heterocycles. The molecular weight excluding hydrogens is 262 g/mol. The van der Waals surface area contributed by atoms with Gasteiger partial charge in [-0.2, -0.15) is 11.3 Å². The van der Waals surface area contributed by atoms with Gasteiger partial charge in [0, 0.05) is 6.04 Å². The lowest BCUT2D eigenvalue weighted by Gasteiger charge is -2.59.